The van der Waals surface area contributed by atoms with E-state index in [0.29, 0.717) is 31.6 Å². The minimum absolute atomic E-state index is 0.243. The van der Waals surface area contributed by atoms with Gasteiger partial charge in [-0.3, -0.25) is 0 Å². The van der Waals surface area contributed by atoms with Gasteiger partial charge in [-0.25, -0.2) is 9.18 Å². The second-order valence-corrected chi connectivity index (χ2v) is 6.92. The van der Waals surface area contributed by atoms with E-state index in [9.17, 15) is 9.18 Å². The first-order valence-corrected chi connectivity index (χ1v) is 7.80. The van der Waals surface area contributed by atoms with Gasteiger partial charge in [0.25, 0.3) is 0 Å². The van der Waals surface area contributed by atoms with E-state index in [0.717, 1.165) is 0 Å². The van der Waals surface area contributed by atoms with Crippen molar-refractivity contribution in [2.75, 3.05) is 13.2 Å². The van der Waals surface area contributed by atoms with Crippen LogP contribution in [0.4, 0.5) is 9.18 Å². The molecule has 22 heavy (non-hydrogen) atoms. The molecule has 1 N–H and O–H groups in total. The first-order valence-electron chi connectivity index (χ1n) is 7.80. The zero-order valence-corrected chi connectivity index (χ0v) is 14.0. The highest BCUT2D eigenvalue weighted by molar-refractivity contribution is 6.53. The van der Waals surface area contributed by atoms with Crippen LogP contribution < -0.4 is 5.32 Å². The Balaban J connectivity index is 1.84. The fraction of sp³-hybridized carbons (Fsp3) is 0.800. The quantitative estimate of drug-likeness (QED) is 0.811. The van der Waals surface area contributed by atoms with Crippen molar-refractivity contribution >= 4 is 13.2 Å². The van der Waals surface area contributed by atoms with Crippen molar-refractivity contribution in [1.82, 2.24) is 5.32 Å². The Bertz CT molecular complexity index is 454. The van der Waals surface area contributed by atoms with Gasteiger partial charge in [0.1, 0.15) is 5.73 Å². The highest BCUT2D eigenvalue weighted by atomic mass is 19.1. The van der Waals surface area contributed by atoms with Gasteiger partial charge in [-0.1, -0.05) is 0 Å². The molecule has 1 amide bonds. The number of hydrogen-bond donors (Lipinski definition) is 1. The van der Waals surface area contributed by atoms with Gasteiger partial charge in [-0.15, -0.1) is 0 Å². The van der Waals surface area contributed by atoms with Crippen molar-refractivity contribution in [1.29, 1.82) is 0 Å². The molecular formula is C15H25BFNO4. The van der Waals surface area contributed by atoms with E-state index >= 15 is 0 Å². The van der Waals surface area contributed by atoms with Gasteiger partial charge < -0.3 is 19.4 Å². The average Bonchev–Trinajstić information content (AvgIpc) is 2.56. The van der Waals surface area contributed by atoms with Gasteiger partial charge in [0.2, 0.25) is 0 Å². The summed E-state index contributed by atoms with van der Waals surface area (Å²) in [6.45, 7) is 10.2. The van der Waals surface area contributed by atoms with Crippen LogP contribution in [0.2, 0.25) is 0 Å². The molecule has 2 aliphatic rings. The number of hydrogen-bond acceptors (Lipinski definition) is 4. The topological polar surface area (TPSA) is 56.8 Å². The van der Waals surface area contributed by atoms with Crippen LogP contribution in [0.25, 0.3) is 0 Å². The van der Waals surface area contributed by atoms with E-state index in [4.69, 9.17) is 14.0 Å². The van der Waals surface area contributed by atoms with Gasteiger partial charge in [0.15, 0.2) is 0 Å². The van der Waals surface area contributed by atoms with Crippen LogP contribution in [0.5, 0.6) is 0 Å². The lowest BCUT2D eigenvalue weighted by Crippen LogP contribution is -2.41. The third-order valence-electron chi connectivity index (χ3n) is 4.68. The Morgan fingerprint density at radius 3 is 2.36 bits per heavy atom. The summed E-state index contributed by atoms with van der Waals surface area (Å²) in [4.78, 5) is 11.2. The number of nitrogens with one attached hydrogen (secondary N) is 1. The van der Waals surface area contributed by atoms with Crippen LogP contribution in [0.3, 0.4) is 0 Å². The highest BCUT2D eigenvalue weighted by Gasteiger charge is 2.54. The van der Waals surface area contributed by atoms with Gasteiger partial charge in [0, 0.05) is 6.54 Å². The van der Waals surface area contributed by atoms with E-state index in [1.54, 1.807) is 6.92 Å². The number of amides is 1. The summed E-state index contributed by atoms with van der Waals surface area (Å²) in [5.41, 5.74) is -0.672. The number of alkyl carbamates (subject to hydrolysis) is 1. The molecule has 7 heteroatoms. The second kappa shape index (κ2) is 6.20. The SMILES string of the molecule is CCOC(=O)NCC1CC(=C(F)B2OC(C)(C)C(C)(C)O2)C1. The molecule has 0 unspecified atom stereocenters. The van der Waals surface area contributed by atoms with E-state index in [1.165, 1.54) is 0 Å². The zero-order valence-electron chi connectivity index (χ0n) is 14.0. The normalized spacial score (nSPS) is 25.6. The molecule has 0 radical (unpaired) electrons. The molecular weight excluding hydrogens is 288 g/mol. The molecule has 0 bridgehead atoms. The summed E-state index contributed by atoms with van der Waals surface area (Å²) in [7, 11) is -0.918. The van der Waals surface area contributed by atoms with E-state index in [-0.39, 0.29) is 11.6 Å². The molecule has 1 saturated heterocycles. The molecule has 0 spiro atoms. The third kappa shape index (κ3) is 3.46. The fourth-order valence-corrected chi connectivity index (χ4v) is 2.50. The average molecular weight is 313 g/mol. The number of ether oxygens (including phenoxy) is 1. The van der Waals surface area contributed by atoms with Gasteiger partial charge in [-0.05, 0) is 59.0 Å². The first-order chi connectivity index (χ1) is 10.2. The van der Waals surface area contributed by atoms with Crippen molar-refractivity contribution in [3.8, 4) is 0 Å². The predicted octanol–water partition coefficient (Wildman–Crippen LogP) is 3.00. The van der Waals surface area contributed by atoms with Crippen molar-refractivity contribution in [2.24, 2.45) is 5.92 Å². The molecule has 2 fully saturated rings. The number of carbonyl (C=O) groups is 1. The Morgan fingerprint density at radius 2 is 1.86 bits per heavy atom. The smallest absolute Gasteiger partial charge is 0.450 e. The van der Waals surface area contributed by atoms with Gasteiger partial charge >= 0.3 is 13.2 Å². The largest absolute Gasteiger partial charge is 0.525 e. The summed E-state index contributed by atoms with van der Waals surface area (Å²) in [5.74, 6) is 0.243. The van der Waals surface area contributed by atoms with Crippen molar-refractivity contribution in [3.63, 3.8) is 0 Å². The third-order valence-corrected chi connectivity index (χ3v) is 4.68. The van der Waals surface area contributed by atoms with Crippen molar-refractivity contribution in [2.45, 2.75) is 58.7 Å². The van der Waals surface area contributed by atoms with Crippen LogP contribution in [-0.2, 0) is 14.0 Å². The molecule has 0 aromatic rings. The number of allylic oxidation sites excluding steroid dienone is 1. The number of rotatable bonds is 4. The fourth-order valence-electron chi connectivity index (χ4n) is 2.50. The standard InChI is InChI=1S/C15H25BFNO4/c1-6-20-13(19)18-9-10-7-11(8-10)12(17)16-21-14(2,3)15(4,5)22-16/h10H,6-9H2,1-5H3,(H,18,19). The highest BCUT2D eigenvalue weighted by Crippen LogP contribution is 2.42. The Labute approximate surface area is 131 Å². The molecule has 124 valence electrons. The molecule has 1 aliphatic heterocycles. The minimum Gasteiger partial charge on any atom is -0.450 e. The van der Waals surface area contributed by atoms with Crippen LogP contribution >= 0.6 is 0 Å². The van der Waals surface area contributed by atoms with Crippen LogP contribution in [0, 0.1) is 5.92 Å². The Morgan fingerprint density at radius 1 is 1.32 bits per heavy atom. The minimum atomic E-state index is -0.918. The lowest BCUT2D eigenvalue weighted by Gasteiger charge is -2.32. The summed E-state index contributed by atoms with van der Waals surface area (Å²) in [5, 5.41) is 2.67. The van der Waals surface area contributed by atoms with Crippen molar-refractivity contribution in [3.05, 3.63) is 11.3 Å². The summed E-state index contributed by atoms with van der Waals surface area (Å²) in [6.07, 6.45) is 0.802. The second-order valence-electron chi connectivity index (χ2n) is 6.92. The maximum Gasteiger partial charge on any atom is 0.525 e. The molecule has 1 aliphatic carbocycles. The van der Waals surface area contributed by atoms with E-state index in [2.05, 4.69) is 5.32 Å². The molecule has 1 heterocycles. The van der Waals surface area contributed by atoms with Crippen molar-refractivity contribution < 1.29 is 23.2 Å². The van der Waals surface area contributed by atoms with E-state index < -0.39 is 24.4 Å². The van der Waals surface area contributed by atoms with Crippen LogP contribution in [-0.4, -0.2) is 37.6 Å². The maximum atomic E-state index is 14.5. The number of halogens is 1. The first kappa shape index (κ1) is 17.3. The maximum absolute atomic E-state index is 14.5. The lowest BCUT2D eigenvalue weighted by atomic mass is 9.72. The lowest BCUT2D eigenvalue weighted by molar-refractivity contribution is 0.00578. The summed E-state index contributed by atoms with van der Waals surface area (Å²) in [6, 6.07) is 0. The monoisotopic (exact) mass is 313 g/mol. The Kier molecular flexibility index (Phi) is 4.87. The molecule has 2 rings (SSSR count). The molecule has 0 atom stereocenters. The van der Waals surface area contributed by atoms with Crippen LogP contribution in [0.15, 0.2) is 11.3 Å². The molecule has 0 aromatic heterocycles. The summed E-state index contributed by atoms with van der Waals surface area (Å²) < 4.78 is 30.6. The Hall–Kier alpha value is -1.08. The zero-order chi connectivity index (χ0) is 16.5. The number of carbonyl (C=O) groups excluding carboxylic acids is 1. The molecule has 1 saturated carbocycles. The predicted molar refractivity (Wildman–Crippen MR) is 82.0 cm³/mol. The van der Waals surface area contributed by atoms with Gasteiger partial charge in [0.05, 0.1) is 17.8 Å². The van der Waals surface area contributed by atoms with Gasteiger partial charge in [-0.2, -0.15) is 0 Å². The molecule has 0 aromatic carbocycles. The van der Waals surface area contributed by atoms with Crippen LogP contribution in [0.1, 0.15) is 47.5 Å². The summed E-state index contributed by atoms with van der Waals surface area (Å²) >= 11 is 0. The van der Waals surface area contributed by atoms with E-state index in [1.807, 2.05) is 27.7 Å². The molecule has 5 nitrogen and oxygen atoms in total.